The molecule has 1 N–H and O–H groups in total. The van der Waals surface area contributed by atoms with E-state index in [1.165, 1.54) is 42.0 Å². The Hall–Kier alpha value is -0.910. The Kier molecular flexibility index (Phi) is 4.22. The fraction of sp³-hybridized carbons (Fsp3) is 0.684. The van der Waals surface area contributed by atoms with Gasteiger partial charge in [-0.05, 0) is 67.1 Å². The molecule has 1 aromatic carbocycles. The Labute approximate surface area is 145 Å². The van der Waals surface area contributed by atoms with Crippen LogP contribution in [-0.2, 0) is 16.6 Å². The molecule has 1 aromatic rings. The third-order valence-corrected chi connectivity index (χ3v) is 8.53. The molecule has 4 nitrogen and oxygen atoms in total. The fourth-order valence-electron chi connectivity index (χ4n) is 5.54. The summed E-state index contributed by atoms with van der Waals surface area (Å²) in [5.74, 6) is 3.86. The minimum Gasteiger partial charge on any atom is -0.310 e. The van der Waals surface area contributed by atoms with Crippen molar-refractivity contribution in [1.82, 2.24) is 9.62 Å². The average Bonchev–Trinajstić information content (AvgIpc) is 3.25. The predicted molar refractivity (Wildman–Crippen MR) is 95.0 cm³/mol. The van der Waals surface area contributed by atoms with Gasteiger partial charge in [0.15, 0.2) is 0 Å². The Bertz CT molecular complexity index is 699. The van der Waals surface area contributed by atoms with Crippen LogP contribution in [0.25, 0.3) is 0 Å². The van der Waals surface area contributed by atoms with Crippen LogP contribution in [0.4, 0.5) is 0 Å². The summed E-state index contributed by atoms with van der Waals surface area (Å²) in [5.41, 5.74) is 1.17. The fourth-order valence-corrected chi connectivity index (χ4v) is 6.44. The molecule has 0 heterocycles. The highest BCUT2D eigenvalue weighted by Crippen LogP contribution is 2.58. The van der Waals surface area contributed by atoms with E-state index < -0.39 is 10.0 Å². The summed E-state index contributed by atoms with van der Waals surface area (Å²) in [4.78, 5) is 0.366. The molecule has 4 rings (SSSR count). The molecule has 3 saturated carbocycles. The van der Waals surface area contributed by atoms with Crippen LogP contribution in [0.1, 0.15) is 37.7 Å². The van der Waals surface area contributed by atoms with E-state index in [-0.39, 0.29) is 0 Å². The molecular formula is C19H28N2O2S. The smallest absolute Gasteiger partial charge is 0.242 e. The molecule has 2 bridgehead atoms. The van der Waals surface area contributed by atoms with Gasteiger partial charge in [-0.2, -0.15) is 0 Å². The van der Waals surface area contributed by atoms with Crippen molar-refractivity contribution >= 4 is 10.0 Å². The van der Waals surface area contributed by atoms with Gasteiger partial charge in [0.25, 0.3) is 0 Å². The first-order valence-electron chi connectivity index (χ1n) is 9.21. The molecule has 0 amide bonds. The molecule has 0 spiro atoms. The van der Waals surface area contributed by atoms with Crippen molar-refractivity contribution < 1.29 is 8.42 Å². The lowest BCUT2D eigenvalue weighted by molar-refractivity contribution is 0.208. The van der Waals surface area contributed by atoms with Gasteiger partial charge in [0, 0.05) is 26.7 Å². The topological polar surface area (TPSA) is 49.4 Å². The van der Waals surface area contributed by atoms with Crippen LogP contribution in [0.15, 0.2) is 29.2 Å². The normalized spacial score (nSPS) is 34.9. The summed E-state index contributed by atoms with van der Waals surface area (Å²) >= 11 is 0. The zero-order valence-corrected chi connectivity index (χ0v) is 15.4. The van der Waals surface area contributed by atoms with Gasteiger partial charge in [-0.25, -0.2) is 12.7 Å². The maximum absolute atomic E-state index is 12.1. The van der Waals surface area contributed by atoms with Crippen LogP contribution in [0.2, 0.25) is 0 Å². The summed E-state index contributed by atoms with van der Waals surface area (Å²) in [6, 6.07) is 7.99. The molecule has 5 unspecified atom stereocenters. The van der Waals surface area contributed by atoms with E-state index in [0.29, 0.717) is 10.9 Å². The van der Waals surface area contributed by atoms with Crippen molar-refractivity contribution in [3.63, 3.8) is 0 Å². The summed E-state index contributed by atoms with van der Waals surface area (Å²) in [7, 11) is -0.197. The first-order chi connectivity index (χ1) is 11.5. The standard InChI is InChI=1S/C19H28N2O2S/c1-21(2)24(22,23)15-8-6-13(7-9-15)12-20-19-11-14-10-18(19)17-5-3-4-16(14)17/h6-9,14,16-20H,3-5,10-12H2,1-2H3. The number of hydrogen-bond donors (Lipinski definition) is 1. The minimum atomic E-state index is -3.33. The first-order valence-corrected chi connectivity index (χ1v) is 10.7. The van der Waals surface area contributed by atoms with Gasteiger partial charge < -0.3 is 5.32 Å². The number of rotatable bonds is 5. The zero-order chi connectivity index (χ0) is 16.9. The summed E-state index contributed by atoms with van der Waals surface area (Å²) in [6.45, 7) is 0.841. The van der Waals surface area contributed by atoms with Crippen molar-refractivity contribution in [3.05, 3.63) is 29.8 Å². The predicted octanol–water partition coefficient (Wildman–Crippen LogP) is 2.85. The largest absolute Gasteiger partial charge is 0.310 e. The Balaban J connectivity index is 1.37. The second kappa shape index (κ2) is 6.11. The Morgan fingerprint density at radius 1 is 1.04 bits per heavy atom. The van der Waals surface area contributed by atoms with Crippen LogP contribution in [0.3, 0.4) is 0 Å². The van der Waals surface area contributed by atoms with E-state index >= 15 is 0 Å². The molecule has 5 heteroatoms. The molecule has 3 aliphatic carbocycles. The SMILES string of the molecule is CN(C)S(=O)(=O)c1ccc(CNC2CC3CC2C2CCCC32)cc1. The zero-order valence-electron chi connectivity index (χ0n) is 14.6. The number of nitrogens with zero attached hydrogens (tertiary/aromatic N) is 1. The van der Waals surface area contributed by atoms with E-state index in [1.807, 2.05) is 12.1 Å². The lowest BCUT2D eigenvalue weighted by Crippen LogP contribution is -2.38. The maximum atomic E-state index is 12.1. The van der Waals surface area contributed by atoms with E-state index in [0.717, 1.165) is 30.2 Å². The van der Waals surface area contributed by atoms with E-state index in [2.05, 4.69) is 5.32 Å². The van der Waals surface area contributed by atoms with E-state index in [1.54, 1.807) is 26.2 Å². The highest BCUT2D eigenvalue weighted by Gasteiger charge is 2.53. The third kappa shape index (κ3) is 2.71. The molecule has 3 aliphatic rings. The third-order valence-electron chi connectivity index (χ3n) is 6.70. The van der Waals surface area contributed by atoms with Gasteiger partial charge in [-0.3, -0.25) is 0 Å². The molecule has 0 aliphatic heterocycles. The maximum Gasteiger partial charge on any atom is 0.242 e. The summed E-state index contributed by atoms with van der Waals surface area (Å²) in [5, 5.41) is 3.76. The highest BCUT2D eigenvalue weighted by molar-refractivity contribution is 7.89. The van der Waals surface area contributed by atoms with E-state index in [4.69, 9.17) is 0 Å². The lowest BCUT2D eigenvalue weighted by atomic mass is 9.79. The van der Waals surface area contributed by atoms with Crippen molar-refractivity contribution in [2.45, 2.75) is 49.6 Å². The lowest BCUT2D eigenvalue weighted by Gasteiger charge is -2.32. The van der Waals surface area contributed by atoms with Gasteiger partial charge in [-0.15, -0.1) is 0 Å². The van der Waals surface area contributed by atoms with Gasteiger partial charge in [0.2, 0.25) is 10.0 Å². The molecule has 0 radical (unpaired) electrons. The van der Waals surface area contributed by atoms with Crippen molar-refractivity contribution in [2.24, 2.45) is 23.7 Å². The first kappa shape index (κ1) is 16.6. The number of fused-ring (bicyclic) bond motifs is 5. The van der Waals surface area contributed by atoms with Crippen LogP contribution in [0.5, 0.6) is 0 Å². The number of benzene rings is 1. The number of hydrogen-bond acceptors (Lipinski definition) is 3. The van der Waals surface area contributed by atoms with Crippen LogP contribution < -0.4 is 5.32 Å². The molecule has 132 valence electrons. The van der Waals surface area contributed by atoms with Crippen molar-refractivity contribution in [1.29, 1.82) is 0 Å². The highest BCUT2D eigenvalue weighted by atomic mass is 32.2. The van der Waals surface area contributed by atoms with Crippen LogP contribution in [0, 0.1) is 23.7 Å². The average molecular weight is 349 g/mol. The molecule has 24 heavy (non-hydrogen) atoms. The molecule has 3 fully saturated rings. The summed E-state index contributed by atoms with van der Waals surface area (Å²) in [6.07, 6.45) is 7.14. The second-order valence-electron chi connectivity index (χ2n) is 8.07. The quantitative estimate of drug-likeness (QED) is 0.890. The Morgan fingerprint density at radius 3 is 2.46 bits per heavy atom. The van der Waals surface area contributed by atoms with Gasteiger partial charge in [0.05, 0.1) is 4.90 Å². The number of sulfonamides is 1. The van der Waals surface area contributed by atoms with Crippen LogP contribution >= 0.6 is 0 Å². The van der Waals surface area contributed by atoms with Crippen molar-refractivity contribution in [2.75, 3.05) is 14.1 Å². The van der Waals surface area contributed by atoms with Gasteiger partial charge in [-0.1, -0.05) is 18.6 Å². The van der Waals surface area contributed by atoms with E-state index in [9.17, 15) is 8.42 Å². The van der Waals surface area contributed by atoms with Gasteiger partial charge in [0.1, 0.15) is 0 Å². The molecule has 5 atom stereocenters. The minimum absolute atomic E-state index is 0.366. The molecule has 0 aromatic heterocycles. The van der Waals surface area contributed by atoms with Crippen molar-refractivity contribution in [3.8, 4) is 0 Å². The molecule has 0 saturated heterocycles. The summed E-state index contributed by atoms with van der Waals surface area (Å²) < 4.78 is 25.5. The van der Waals surface area contributed by atoms with Gasteiger partial charge >= 0.3 is 0 Å². The van der Waals surface area contributed by atoms with Crippen LogP contribution in [-0.4, -0.2) is 32.9 Å². The molecular weight excluding hydrogens is 320 g/mol. The Morgan fingerprint density at radius 2 is 1.75 bits per heavy atom. The number of nitrogens with one attached hydrogen (secondary N) is 1. The monoisotopic (exact) mass is 348 g/mol. The second-order valence-corrected chi connectivity index (χ2v) is 10.2.